The van der Waals surface area contributed by atoms with Crippen LogP contribution in [0.1, 0.15) is 16.2 Å². The summed E-state index contributed by atoms with van der Waals surface area (Å²) in [6.45, 7) is 0. The van der Waals surface area contributed by atoms with Crippen LogP contribution in [0.4, 0.5) is 5.69 Å². The van der Waals surface area contributed by atoms with Gasteiger partial charge in [-0.05, 0) is 42.5 Å². The summed E-state index contributed by atoms with van der Waals surface area (Å²) in [5.41, 5.74) is 1.10. The van der Waals surface area contributed by atoms with Crippen molar-refractivity contribution in [3.63, 3.8) is 0 Å². The minimum Gasteiger partial charge on any atom is -0.457 e. The number of non-ortho nitro benzene ring substituents is 1. The van der Waals surface area contributed by atoms with E-state index in [-0.39, 0.29) is 11.5 Å². The summed E-state index contributed by atoms with van der Waals surface area (Å²) in [5.74, 6) is 0.853. The lowest BCUT2D eigenvalue weighted by Crippen LogP contribution is -1.97. The van der Waals surface area contributed by atoms with Crippen LogP contribution in [0.3, 0.4) is 0 Å². The first kappa shape index (κ1) is 15.4. The first-order chi connectivity index (χ1) is 11.5. The summed E-state index contributed by atoms with van der Waals surface area (Å²) in [5, 5.41) is 14.7. The highest BCUT2D eigenvalue weighted by atomic mass is 16.6. The Morgan fingerprint density at radius 1 is 1.21 bits per heavy atom. The molecule has 0 saturated carbocycles. The Balaban J connectivity index is 1.74. The van der Waals surface area contributed by atoms with Gasteiger partial charge in [0.25, 0.3) is 5.69 Å². The van der Waals surface area contributed by atoms with E-state index in [1.807, 2.05) is 0 Å². The first-order valence-corrected chi connectivity index (χ1v) is 7.09. The first-order valence-electron chi connectivity index (χ1n) is 7.09. The number of aromatic nitrogens is 2. The van der Waals surface area contributed by atoms with E-state index in [1.165, 1.54) is 18.2 Å². The van der Waals surface area contributed by atoms with Crippen LogP contribution in [-0.4, -0.2) is 20.5 Å². The Labute approximate surface area is 137 Å². The molecular weight excluding hydrogens is 310 g/mol. The van der Waals surface area contributed by atoms with Gasteiger partial charge in [0, 0.05) is 30.9 Å². The molecular formula is C17H13N3O4. The molecule has 0 aliphatic heterocycles. The molecule has 1 aromatic carbocycles. The number of hydrogen-bond donors (Lipinski definition) is 0. The number of rotatable bonds is 5. The molecule has 2 aromatic heterocycles. The number of aryl methyl sites for hydroxylation is 1. The number of carbonyl (C=O) groups excluding carboxylic acids is 1. The molecule has 120 valence electrons. The number of furan rings is 1. The maximum atomic E-state index is 11.9. The highest BCUT2D eigenvalue weighted by Crippen LogP contribution is 2.25. The summed E-state index contributed by atoms with van der Waals surface area (Å²) in [4.78, 5) is 22.1. The molecule has 24 heavy (non-hydrogen) atoms. The number of hydrogen-bond acceptors (Lipinski definition) is 5. The van der Waals surface area contributed by atoms with E-state index in [9.17, 15) is 14.9 Å². The van der Waals surface area contributed by atoms with Gasteiger partial charge in [-0.1, -0.05) is 0 Å². The van der Waals surface area contributed by atoms with Crippen molar-refractivity contribution in [1.82, 2.24) is 9.78 Å². The fraction of sp³-hybridized carbons (Fsp3) is 0.0588. The summed E-state index contributed by atoms with van der Waals surface area (Å²) in [7, 11) is 1.74. The average molecular weight is 323 g/mol. The molecule has 0 radical (unpaired) electrons. The largest absolute Gasteiger partial charge is 0.457 e. The van der Waals surface area contributed by atoms with Gasteiger partial charge in [0.05, 0.1) is 4.92 Å². The van der Waals surface area contributed by atoms with E-state index in [1.54, 1.807) is 54.3 Å². The average Bonchev–Trinajstić information content (AvgIpc) is 3.22. The normalized spacial score (nSPS) is 11.0. The van der Waals surface area contributed by atoms with E-state index in [0.717, 1.165) is 5.56 Å². The molecule has 0 bridgehead atoms. The number of carbonyl (C=O) groups is 1. The molecule has 0 amide bonds. The third-order valence-corrected chi connectivity index (χ3v) is 3.35. The quantitative estimate of drug-likeness (QED) is 0.310. The lowest BCUT2D eigenvalue weighted by atomic mass is 10.1. The molecule has 0 atom stereocenters. The number of nitro benzene ring substituents is 1. The van der Waals surface area contributed by atoms with E-state index in [0.29, 0.717) is 17.2 Å². The van der Waals surface area contributed by atoms with Gasteiger partial charge in [0.15, 0.2) is 0 Å². The van der Waals surface area contributed by atoms with Gasteiger partial charge in [-0.2, -0.15) is 5.10 Å². The van der Waals surface area contributed by atoms with Crippen LogP contribution < -0.4 is 0 Å². The van der Waals surface area contributed by atoms with Crippen molar-refractivity contribution in [3.05, 3.63) is 76.3 Å². The summed E-state index contributed by atoms with van der Waals surface area (Å²) >= 11 is 0. The monoisotopic (exact) mass is 323 g/mol. The predicted octanol–water partition coefficient (Wildman–Crippen LogP) is 3.48. The topological polar surface area (TPSA) is 91.2 Å². The van der Waals surface area contributed by atoms with Gasteiger partial charge in [-0.25, -0.2) is 0 Å². The van der Waals surface area contributed by atoms with Crippen molar-refractivity contribution < 1.29 is 14.1 Å². The Kier molecular flexibility index (Phi) is 4.07. The zero-order chi connectivity index (χ0) is 17.1. The van der Waals surface area contributed by atoms with Crippen LogP contribution in [0.25, 0.3) is 17.4 Å². The Bertz CT molecular complexity index is 919. The third kappa shape index (κ3) is 3.30. The van der Waals surface area contributed by atoms with Crippen LogP contribution >= 0.6 is 0 Å². The molecule has 2 heterocycles. The molecule has 0 fully saturated rings. The maximum Gasteiger partial charge on any atom is 0.269 e. The van der Waals surface area contributed by atoms with Crippen LogP contribution in [0.5, 0.6) is 0 Å². The zero-order valence-electron chi connectivity index (χ0n) is 12.7. The number of nitro groups is 1. The molecule has 0 saturated heterocycles. The zero-order valence-corrected chi connectivity index (χ0v) is 12.7. The highest BCUT2D eigenvalue weighted by molar-refractivity contribution is 6.05. The fourth-order valence-corrected chi connectivity index (χ4v) is 2.13. The standard InChI is InChI=1S/C17H13N3O4/c1-19-11-10-15(18-19)16(21)8-6-14-7-9-17(24-14)12-2-4-13(5-3-12)20(22)23/h2-11H,1H3/b8-6+. The van der Waals surface area contributed by atoms with Crippen molar-refractivity contribution in [3.8, 4) is 11.3 Å². The van der Waals surface area contributed by atoms with E-state index >= 15 is 0 Å². The molecule has 7 heteroatoms. The van der Waals surface area contributed by atoms with E-state index in [4.69, 9.17) is 4.42 Å². The highest BCUT2D eigenvalue weighted by Gasteiger charge is 2.08. The van der Waals surface area contributed by atoms with Gasteiger partial charge >= 0.3 is 0 Å². The predicted molar refractivity (Wildman–Crippen MR) is 87.4 cm³/mol. The molecule has 0 unspecified atom stereocenters. The summed E-state index contributed by atoms with van der Waals surface area (Å²) < 4.78 is 7.18. The summed E-state index contributed by atoms with van der Waals surface area (Å²) in [6.07, 6.45) is 4.65. The van der Waals surface area contributed by atoms with Crippen LogP contribution in [0.15, 0.2) is 59.2 Å². The van der Waals surface area contributed by atoms with Gasteiger partial charge in [0.1, 0.15) is 17.2 Å². The summed E-state index contributed by atoms with van der Waals surface area (Å²) in [6, 6.07) is 11.2. The molecule has 3 aromatic rings. The SMILES string of the molecule is Cn1ccc(C(=O)/C=C/c2ccc(-c3ccc([N+](=O)[O-])cc3)o2)n1. The Hall–Kier alpha value is -3.48. The second-order valence-electron chi connectivity index (χ2n) is 5.08. The molecule has 0 spiro atoms. The minimum absolute atomic E-state index is 0.0198. The fourth-order valence-electron chi connectivity index (χ4n) is 2.13. The van der Waals surface area contributed by atoms with Crippen molar-refractivity contribution in [2.45, 2.75) is 0 Å². The smallest absolute Gasteiger partial charge is 0.269 e. The van der Waals surface area contributed by atoms with E-state index < -0.39 is 4.92 Å². The number of allylic oxidation sites excluding steroid dienone is 1. The molecule has 0 aliphatic carbocycles. The molecule has 7 nitrogen and oxygen atoms in total. The van der Waals surface area contributed by atoms with Crippen molar-refractivity contribution >= 4 is 17.5 Å². The molecule has 0 aliphatic rings. The lowest BCUT2D eigenvalue weighted by Gasteiger charge is -1.96. The second kappa shape index (κ2) is 6.33. The number of ketones is 1. The third-order valence-electron chi connectivity index (χ3n) is 3.35. The van der Waals surface area contributed by atoms with Gasteiger partial charge in [-0.3, -0.25) is 19.6 Å². The minimum atomic E-state index is -0.455. The number of benzene rings is 1. The maximum absolute atomic E-state index is 11.9. The second-order valence-corrected chi connectivity index (χ2v) is 5.08. The lowest BCUT2D eigenvalue weighted by molar-refractivity contribution is -0.384. The van der Waals surface area contributed by atoms with Crippen molar-refractivity contribution in [2.24, 2.45) is 7.05 Å². The number of nitrogens with zero attached hydrogens (tertiary/aromatic N) is 3. The van der Waals surface area contributed by atoms with Crippen molar-refractivity contribution in [1.29, 1.82) is 0 Å². The van der Waals surface area contributed by atoms with Gasteiger partial charge < -0.3 is 4.42 Å². The van der Waals surface area contributed by atoms with Crippen molar-refractivity contribution in [2.75, 3.05) is 0 Å². The molecule has 0 N–H and O–H groups in total. The van der Waals surface area contributed by atoms with Crippen LogP contribution in [-0.2, 0) is 7.05 Å². The molecule has 3 rings (SSSR count). The van der Waals surface area contributed by atoms with Gasteiger partial charge in [-0.15, -0.1) is 0 Å². The Morgan fingerprint density at radius 3 is 2.58 bits per heavy atom. The Morgan fingerprint density at radius 2 is 1.96 bits per heavy atom. The van der Waals surface area contributed by atoms with Crippen LogP contribution in [0.2, 0.25) is 0 Å². The van der Waals surface area contributed by atoms with Crippen LogP contribution in [0, 0.1) is 10.1 Å². The van der Waals surface area contributed by atoms with Gasteiger partial charge in [0.2, 0.25) is 5.78 Å². The van der Waals surface area contributed by atoms with E-state index in [2.05, 4.69) is 5.10 Å².